The van der Waals surface area contributed by atoms with Gasteiger partial charge in [0.25, 0.3) is 12.3 Å². The predicted molar refractivity (Wildman–Crippen MR) is 130 cm³/mol. The molecule has 1 aliphatic heterocycles. The molecule has 1 fully saturated rings. The minimum Gasteiger partial charge on any atom is -0.494 e. The van der Waals surface area contributed by atoms with Crippen LogP contribution in [-0.4, -0.2) is 46.4 Å². The summed E-state index contributed by atoms with van der Waals surface area (Å²) in [6.45, 7) is 0.994. The normalized spacial score (nSPS) is 15.2. The van der Waals surface area contributed by atoms with Gasteiger partial charge in [0, 0.05) is 23.2 Å². The van der Waals surface area contributed by atoms with Gasteiger partial charge in [0.2, 0.25) is 5.13 Å². The van der Waals surface area contributed by atoms with Gasteiger partial charge in [-0.3, -0.25) is 20.1 Å². The Morgan fingerprint density at radius 2 is 2.08 bits per heavy atom. The zero-order chi connectivity index (χ0) is 25.1. The molecule has 0 saturated heterocycles. The van der Waals surface area contributed by atoms with Crippen molar-refractivity contribution in [3.63, 3.8) is 0 Å². The summed E-state index contributed by atoms with van der Waals surface area (Å²) in [4.78, 5) is 21.6. The number of halogens is 2. The van der Waals surface area contributed by atoms with E-state index in [1.165, 1.54) is 25.6 Å². The lowest BCUT2D eigenvalue weighted by molar-refractivity contribution is 0.102. The summed E-state index contributed by atoms with van der Waals surface area (Å²) in [5, 5.41) is 11.5. The van der Waals surface area contributed by atoms with Crippen LogP contribution in [0.2, 0.25) is 0 Å². The molecule has 0 unspecified atom stereocenters. The number of ether oxygens (including phenoxy) is 2. The molecule has 184 valence electrons. The summed E-state index contributed by atoms with van der Waals surface area (Å²) in [5.41, 5.74) is 1.98. The highest BCUT2D eigenvalue weighted by Crippen LogP contribution is 2.36. The van der Waals surface area contributed by atoms with Crippen molar-refractivity contribution in [2.24, 2.45) is 5.92 Å². The van der Waals surface area contributed by atoms with Crippen LogP contribution < -0.4 is 10.1 Å². The van der Waals surface area contributed by atoms with Crippen molar-refractivity contribution < 1.29 is 23.0 Å². The van der Waals surface area contributed by atoms with Gasteiger partial charge in [-0.05, 0) is 42.9 Å². The van der Waals surface area contributed by atoms with Crippen LogP contribution in [0.5, 0.6) is 5.75 Å². The number of anilines is 1. The van der Waals surface area contributed by atoms with Crippen molar-refractivity contribution in [1.82, 2.24) is 20.2 Å². The van der Waals surface area contributed by atoms with Gasteiger partial charge >= 0.3 is 0 Å². The topological polar surface area (TPSA) is 99.1 Å². The molecule has 8 nitrogen and oxygen atoms in total. The Kier molecular flexibility index (Phi) is 6.97. The molecule has 2 aliphatic rings. The summed E-state index contributed by atoms with van der Waals surface area (Å²) in [6.07, 6.45) is 4.60. The summed E-state index contributed by atoms with van der Waals surface area (Å²) < 4.78 is 37.8. The second-order valence-corrected chi connectivity index (χ2v) is 9.17. The Balaban J connectivity index is 1.53. The molecule has 0 bridgehead atoms. The molecule has 5 rings (SSSR count). The van der Waals surface area contributed by atoms with Gasteiger partial charge < -0.3 is 9.47 Å². The fourth-order valence-corrected chi connectivity index (χ4v) is 4.23. The highest BCUT2D eigenvalue weighted by Gasteiger charge is 2.23. The first-order valence-electron chi connectivity index (χ1n) is 11.3. The molecule has 0 spiro atoms. The van der Waals surface area contributed by atoms with Gasteiger partial charge in [0.05, 0.1) is 37.8 Å². The van der Waals surface area contributed by atoms with Crippen molar-refractivity contribution in [1.29, 1.82) is 0 Å². The first-order chi connectivity index (χ1) is 17.5. The average Bonchev–Trinajstić information content (AvgIpc) is 3.64. The van der Waals surface area contributed by atoms with Crippen LogP contribution in [-0.2, 0) is 4.74 Å². The molecule has 0 atom stereocenters. The standard InChI is InChI=1S/C25H21F2N5O3S/c1-34-21-13-29-20(23(26)27)11-17(21)16-10-19(15-6-8-35-9-7-15)28-12-18(16)24(33)30-25-32-31-22(36-25)5-4-14-2-3-14/h6,10-14,23H,2-3,7-9H2,1H3,(H,30,32,33). The zero-order valence-electron chi connectivity index (χ0n) is 19.3. The Bertz CT molecular complexity index is 1390. The molecule has 4 heterocycles. The minimum absolute atomic E-state index is 0.164. The first kappa shape index (κ1) is 24.0. The van der Waals surface area contributed by atoms with Crippen LogP contribution in [0.4, 0.5) is 13.9 Å². The van der Waals surface area contributed by atoms with Crippen LogP contribution in [0.3, 0.4) is 0 Å². The molecule has 3 aromatic heterocycles. The van der Waals surface area contributed by atoms with Crippen molar-refractivity contribution in [2.75, 3.05) is 25.6 Å². The minimum atomic E-state index is -2.79. The van der Waals surface area contributed by atoms with Gasteiger partial charge in [0.15, 0.2) is 5.01 Å². The fourth-order valence-electron chi connectivity index (χ4n) is 3.63. The van der Waals surface area contributed by atoms with Gasteiger partial charge in [0.1, 0.15) is 11.4 Å². The summed E-state index contributed by atoms with van der Waals surface area (Å²) in [5.74, 6) is 6.23. The van der Waals surface area contributed by atoms with Crippen molar-refractivity contribution >= 4 is 27.9 Å². The number of carbonyl (C=O) groups excluding carboxylic acids is 1. The Hall–Kier alpha value is -3.75. The number of hydrogen-bond acceptors (Lipinski definition) is 8. The Morgan fingerprint density at radius 1 is 1.22 bits per heavy atom. The van der Waals surface area contributed by atoms with Crippen LogP contribution in [0, 0.1) is 17.8 Å². The molecular weight excluding hydrogens is 488 g/mol. The van der Waals surface area contributed by atoms with E-state index in [0.29, 0.717) is 47.4 Å². The van der Waals surface area contributed by atoms with E-state index in [-0.39, 0.29) is 16.4 Å². The van der Waals surface area contributed by atoms with Gasteiger partial charge in [-0.2, -0.15) is 0 Å². The molecule has 11 heteroatoms. The third-order valence-corrected chi connectivity index (χ3v) is 6.42. The first-order valence-corrected chi connectivity index (χ1v) is 12.1. The fraction of sp³-hybridized carbons (Fsp3) is 0.320. The van der Waals surface area contributed by atoms with Crippen molar-refractivity contribution in [3.8, 4) is 28.7 Å². The lowest BCUT2D eigenvalue weighted by Gasteiger charge is -2.17. The van der Waals surface area contributed by atoms with Gasteiger partial charge in [-0.1, -0.05) is 23.3 Å². The molecule has 1 aliphatic carbocycles. The van der Waals surface area contributed by atoms with E-state index in [4.69, 9.17) is 9.47 Å². The number of rotatable bonds is 6. The molecular formula is C25H21F2N5O3S. The summed E-state index contributed by atoms with van der Waals surface area (Å²) in [7, 11) is 1.41. The number of aromatic nitrogens is 4. The maximum absolute atomic E-state index is 13.5. The predicted octanol–water partition coefficient (Wildman–Crippen LogP) is 4.76. The number of carbonyl (C=O) groups is 1. The van der Waals surface area contributed by atoms with E-state index in [0.717, 1.165) is 29.8 Å². The second kappa shape index (κ2) is 10.5. The molecule has 1 saturated carbocycles. The van der Waals surface area contributed by atoms with Gasteiger partial charge in [-0.15, -0.1) is 10.2 Å². The number of amides is 1. The number of nitrogens with one attached hydrogen (secondary N) is 1. The molecule has 3 aromatic rings. The third kappa shape index (κ3) is 5.40. The quantitative estimate of drug-likeness (QED) is 0.479. The number of methoxy groups -OCH3 is 1. The van der Waals surface area contributed by atoms with E-state index >= 15 is 0 Å². The number of alkyl halides is 2. The molecule has 1 N–H and O–H groups in total. The van der Waals surface area contributed by atoms with E-state index in [9.17, 15) is 13.6 Å². The number of pyridine rings is 2. The molecule has 1 amide bonds. The Morgan fingerprint density at radius 3 is 2.81 bits per heavy atom. The van der Waals surface area contributed by atoms with E-state index in [2.05, 4.69) is 37.3 Å². The summed E-state index contributed by atoms with van der Waals surface area (Å²) >= 11 is 1.16. The van der Waals surface area contributed by atoms with E-state index in [1.54, 1.807) is 6.07 Å². The van der Waals surface area contributed by atoms with Crippen LogP contribution in [0.25, 0.3) is 16.7 Å². The van der Waals surface area contributed by atoms with Crippen LogP contribution >= 0.6 is 11.3 Å². The highest BCUT2D eigenvalue weighted by molar-refractivity contribution is 7.15. The number of hydrogen-bond donors (Lipinski definition) is 1. The maximum atomic E-state index is 13.5. The van der Waals surface area contributed by atoms with E-state index < -0.39 is 18.0 Å². The van der Waals surface area contributed by atoms with E-state index in [1.807, 2.05) is 6.08 Å². The van der Waals surface area contributed by atoms with Crippen LogP contribution in [0.1, 0.15) is 52.4 Å². The average molecular weight is 510 g/mol. The zero-order valence-corrected chi connectivity index (χ0v) is 20.1. The number of nitrogens with zero attached hydrogens (tertiary/aromatic N) is 4. The molecule has 0 aromatic carbocycles. The maximum Gasteiger partial charge on any atom is 0.280 e. The van der Waals surface area contributed by atoms with Crippen LogP contribution in [0.15, 0.2) is 30.6 Å². The molecule has 36 heavy (non-hydrogen) atoms. The smallest absolute Gasteiger partial charge is 0.280 e. The largest absolute Gasteiger partial charge is 0.494 e. The Labute approximate surface area is 209 Å². The summed E-state index contributed by atoms with van der Waals surface area (Å²) in [6, 6.07) is 2.93. The second-order valence-electron chi connectivity index (χ2n) is 8.19. The lowest BCUT2D eigenvalue weighted by Crippen LogP contribution is -2.15. The monoisotopic (exact) mass is 509 g/mol. The SMILES string of the molecule is COc1cnc(C(F)F)cc1-c1cc(C2=CCOCC2)ncc1C(=O)Nc1nnc(C#CC2CC2)s1. The van der Waals surface area contributed by atoms with Crippen molar-refractivity contribution in [3.05, 3.63) is 52.6 Å². The lowest BCUT2D eigenvalue weighted by atomic mass is 9.96. The van der Waals surface area contributed by atoms with Gasteiger partial charge in [-0.25, -0.2) is 8.78 Å². The molecule has 0 radical (unpaired) electrons. The van der Waals surface area contributed by atoms with Crippen molar-refractivity contribution in [2.45, 2.75) is 25.7 Å². The third-order valence-electron chi connectivity index (χ3n) is 5.67. The highest BCUT2D eigenvalue weighted by atomic mass is 32.1.